The topological polar surface area (TPSA) is 50.2 Å². The van der Waals surface area contributed by atoms with Crippen LogP contribution in [0.1, 0.15) is 17.5 Å². The zero-order chi connectivity index (χ0) is 9.84. The van der Waals surface area contributed by atoms with Crippen molar-refractivity contribution < 1.29 is 9.90 Å². The molecule has 0 aliphatic rings. The number of halogens is 1. The van der Waals surface area contributed by atoms with E-state index in [0.717, 1.165) is 11.1 Å². The van der Waals surface area contributed by atoms with Gasteiger partial charge >= 0.3 is 5.97 Å². The summed E-state index contributed by atoms with van der Waals surface area (Å²) < 4.78 is 0. The molecule has 1 N–H and O–H groups in total. The van der Waals surface area contributed by atoms with Crippen LogP contribution in [0, 0.1) is 6.92 Å². The van der Waals surface area contributed by atoms with Gasteiger partial charge in [-0.2, -0.15) is 0 Å². The Kier molecular flexibility index (Phi) is 3.25. The van der Waals surface area contributed by atoms with E-state index in [1.165, 1.54) is 6.20 Å². The van der Waals surface area contributed by atoms with Crippen molar-refractivity contribution >= 4 is 17.6 Å². The van der Waals surface area contributed by atoms with Gasteiger partial charge in [-0.3, -0.25) is 9.78 Å². The smallest absolute Gasteiger partial charge is 0.303 e. The van der Waals surface area contributed by atoms with Crippen molar-refractivity contribution in [1.29, 1.82) is 0 Å². The van der Waals surface area contributed by atoms with E-state index in [9.17, 15) is 4.79 Å². The molecule has 0 aliphatic carbocycles. The largest absolute Gasteiger partial charge is 0.481 e. The minimum atomic E-state index is -0.813. The summed E-state index contributed by atoms with van der Waals surface area (Å²) in [5.74, 6) is -0.813. The van der Waals surface area contributed by atoms with Crippen LogP contribution in [-0.4, -0.2) is 16.1 Å². The van der Waals surface area contributed by atoms with Crippen molar-refractivity contribution in [2.45, 2.75) is 19.8 Å². The number of aryl methyl sites for hydroxylation is 1. The number of aromatic nitrogens is 1. The number of hydrogen-bond donors (Lipinski definition) is 1. The Hall–Kier alpha value is -1.09. The number of rotatable bonds is 3. The molecule has 0 atom stereocenters. The molecular formula is C9H10ClNO2. The zero-order valence-electron chi connectivity index (χ0n) is 7.25. The molecule has 1 aromatic rings. The highest BCUT2D eigenvalue weighted by Crippen LogP contribution is 2.19. The second kappa shape index (κ2) is 4.23. The average molecular weight is 200 g/mol. The van der Waals surface area contributed by atoms with Crippen LogP contribution in [0.15, 0.2) is 12.4 Å². The maximum Gasteiger partial charge on any atom is 0.303 e. The van der Waals surface area contributed by atoms with Crippen molar-refractivity contribution in [2.75, 3.05) is 0 Å². The zero-order valence-corrected chi connectivity index (χ0v) is 8.01. The van der Waals surface area contributed by atoms with Gasteiger partial charge in [-0.1, -0.05) is 11.6 Å². The van der Waals surface area contributed by atoms with Crippen molar-refractivity contribution in [3.63, 3.8) is 0 Å². The lowest BCUT2D eigenvalue weighted by Gasteiger charge is -2.04. The third-order valence-corrected chi connectivity index (χ3v) is 2.13. The van der Waals surface area contributed by atoms with E-state index in [1.54, 1.807) is 6.20 Å². The van der Waals surface area contributed by atoms with Gasteiger partial charge in [0.2, 0.25) is 0 Å². The van der Waals surface area contributed by atoms with Gasteiger partial charge in [-0.05, 0) is 24.5 Å². The molecule has 1 aromatic heterocycles. The van der Waals surface area contributed by atoms with E-state index in [-0.39, 0.29) is 6.42 Å². The molecule has 0 bridgehead atoms. The number of carboxylic acids is 1. The van der Waals surface area contributed by atoms with E-state index in [2.05, 4.69) is 4.98 Å². The average Bonchev–Trinajstić information content (AvgIpc) is 2.03. The predicted octanol–water partition coefficient (Wildman–Crippen LogP) is 2.06. The second-order valence-corrected chi connectivity index (χ2v) is 3.22. The van der Waals surface area contributed by atoms with Gasteiger partial charge in [0.05, 0.1) is 5.02 Å². The summed E-state index contributed by atoms with van der Waals surface area (Å²) in [6, 6.07) is 0. The molecule has 0 amide bonds. The number of hydrogen-bond acceptors (Lipinski definition) is 2. The van der Waals surface area contributed by atoms with Gasteiger partial charge in [0, 0.05) is 18.8 Å². The number of carbonyl (C=O) groups is 1. The molecule has 13 heavy (non-hydrogen) atoms. The van der Waals surface area contributed by atoms with Crippen LogP contribution in [0.2, 0.25) is 5.02 Å². The minimum Gasteiger partial charge on any atom is -0.481 e. The third kappa shape index (κ3) is 2.70. The van der Waals surface area contributed by atoms with Crippen LogP contribution >= 0.6 is 11.6 Å². The lowest BCUT2D eigenvalue weighted by molar-refractivity contribution is -0.136. The molecule has 0 aliphatic heterocycles. The molecule has 70 valence electrons. The molecule has 0 radical (unpaired) electrons. The van der Waals surface area contributed by atoms with Crippen molar-refractivity contribution in [3.05, 3.63) is 28.5 Å². The molecule has 0 saturated carbocycles. The third-order valence-electron chi connectivity index (χ3n) is 1.81. The minimum absolute atomic E-state index is 0.102. The van der Waals surface area contributed by atoms with Gasteiger partial charge in [0.1, 0.15) is 0 Å². The van der Waals surface area contributed by atoms with Gasteiger partial charge in [-0.25, -0.2) is 0 Å². The van der Waals surface area contributed by atoms with Crippen LogP contribution < -0.4 is 0 Å². The van der Waals surface area contributed by atoms with Gasteiger partial charge in [0.25, 0.3) is 0 Å². The van der Waals surface area contributed by atoms with Gasteiger partial charge < -0.3 is 5.11 Å². The molecular weight excluding hydrogens is 190 g/mol. The number of carboxylic acid groups (broad SMARTS) is 1. The monoisotopic (exact) mass is 199 g/mol. The molecule has 0 unspecified atom stereocenters. The van der Waals surface area contributed by atoms with E-state index >= 15 is 0 Å². The Morgan fingerprint density at radius 3 is 2.85 bits per heavy atom. The summed E-state index contributed by atoms with van der Waals surface area (Å²) in [4.78, 5) is 14.2. The number of nitrogens with zero attached hydrogens (tertiary/aromatic N) is 1. The molecule has 0 aromatic carbocycles. The summed E-state index contributed by atoms with van der Waals surface area (Å²) in [5.41, 5.74) is 1.81. The predicted molar refractivity (Wildman–Crippen MR) is 49.9 cm³/mol. The van der Waals surface area contributed by atoms with Crippen LogP contribution in [0.4, 0.5) is 0 Å². The van der Waals surface area contributed by atoms with E-state index in [1.807, 2.05) is 6.92 Å². The Morgan fingerprint density at radius 2 is 2.31 bits per heavy atom. The maximum atomic E-state index is 10.3. The quantitative estimate of drug-likeness (QED) is 0.811. The highest BCUT2D eigenvalue weighted by molar-refractivity contribution is 6.31. The Morgan fingerprint density at radius 1 is 1.62 bits per heavy atom. The normalized spacial score (nSPS) is 10.0. The van der Waals surface area contributed by atoms with Crippen molar-refractivity contribution in [2.24, 2.45) is 0 Å². The lowest BCUT2D eigenvalue weighted by Crippen LogP contribution is -2.00. The summed E-state index contributed by atoms with van der Waals surface area (Å²) in [6.45, 7) is 1.87. The summed E-state index contributed by atoms with van der Waals surface area (Å²) in [6.07, 6.45) is 3.78. The van der Waals surface area contributed by atoms with E-state index < -0.39 is 5.97 Å². The lowest BCUT2D eigenvalue weighted by atomic mass is 10.1. The van der Waals surface area contributed by atoms with Gasteiger partial charge in [0.15, 0.2) is 0 Å². The van der Waals surface area contributed by atoms with E-state index in [4.69, 9.17) is 16.7 Å². The van der Waals surface area contributed by atoms with Crippen LogP contribution in [0.25, 0.3) is 0 Å². The standard InChI is InChI=1S/C9H10ClNO2/c1-6-4-11-5-8(10)7(6)2-3-9(12)13/h4-5H,2-3H2,1H3,(H,12,13). The van der Waals surface area contributed by atoms with Crippen LogP contribution in [0.5, 0.6) is 0 Å². The fourth-order valence-corrected chi connectivity index (χ4v) is 1.41. The Balaban J connectivity index is 2.81. The number of pyridine rings is 1. The molecule has 0 spiro atoms. The summed E-state index contributed by atoms with van der Waals surface area (Å²) in [7, 11) is 0. The highest BCUT2D eigenvalue weighted by Gasteiger charge is 2.06. The first kappa shape index (κ1) is 9.99. The second-order valence-electron chi connectivity index (χ2n) is 2.81. The fraction of sp³-hybridized carbons (Fsp3) is 0.333. The van der Waals surface area contributed by atoms with E-state index in [0.29, 0.717) is 11.4 Å². The number of aliphatic carboxylic acids is 1. The summed E-state index contributed by atoms with van der Waals surface area (Å²) in [5, 5.41) is 9.04. The van der Waals surface area contributed by atoms with Crippen LogP contribution in [0.3, 0.4) is 0 Å². The molecule has 0 fully saturated rings. The first-order chi connectivity index (χ1) is 6.11. The van der Waals surface area contributed by atoms with Crippen molar-refractivity contribution in [3.8, 4) is 0 Å². The van der Waals surface area contributed by atoms with Gasteiger partial charge in [-0.15, -0.1) is 0 Å². The molecule has 3 nitrogen and oxygen atoms in total. The Labute approximate surface area is 81.4 Å². The highest BCUT2D eigenvalue weighted by atomic mass is 35.5. The fourth-order valence-electron chi connectivity index (χ4n) is 1.11. The maximum absolute atomic E-state index is 10.3. The van der Waals surface area contributed by atoms with Crippen molar-refractivity contribution in [1.82, 2.24) is 4.98 Å². The molecule has 0 saturated heterocycles. The Bertz CT molecular complexity index is 305. The molecule has 4 heteroatoms. The van der Waals surface area contributed by atoms with Crippen LogP contribution in [-0.2, 0) is 11.2 Å². The summed E-state index contributed by atoms with van der Waals surface area (Å²) >= 11 is 5.86. The first-order valence-corrected chi connectivity index (χ1v) is 4.30. The first-order valence-electron chi connectivity index (χ1n) is 3.92. The molecule has 1 rings (SSSR count). The molecule has 1 heterocycles. The SMILES string of the molecule is Cc1cncc(Cl)c1CCC(=O)O.